The molecule has 0 unspecified atom stereocenters. The van der Waals surface area contributed by atoms with Gasteiger partial charge >= 0.3 is 6.03 Å². The molecule has 6 heteroatoms. The zero-order valence-corrected chi connectivity index (χ0v) is 17.4. The molecule has 0 fully saturated rings. The Bertz CT molecular complexity index is 665. The molecular weight excluding hydrogens is 342 g/mol. The molecule has 1 aromatic carbocycles. The maximum atomic E-state index is 12.0. The number of primary amides is 1. The van der Waals surface area contributed by atoms with Crippen LogP contribution in [-0.4, -0.2) is 24.3 Å². The minimum atomic E-state index is -0.749. The molecule has 0 heterocycles. The molecule has 0 aliphatic heterocycles. The summed E-state index contributed by atoms with van der Waals surface area (Å²) < 4.78 is 0. The van der Waals surface area contributed by atoms with Crippen LogP contribution < -0.4 is 16.4 Å². The lowest BCUT2D eigenvalue weighted by Gasteiger charge is -2.26. The number of benzene rings is 1. The van der Waals surface area contributed by atoms with Gasteiger partial charge in [0.1, 0.15) is 0 Å². The van der Waals surface area contributed by atoms with Gasteiger partial charge in [-0.1, -0.05) is 59.7 Å². The molecule has 0 saturated heterocycles. The van der Waals surface area contributed by atoms with Crippen molar-refractivity contribution in [1.29, 1.82) is 0 Å². The highest BCUT2D eigenvalue weighted by molar-refractivity contribution is 5.88. The van der Waals surface area contributed by atoms with Gasteiger partial charge in [-0.05, 0) is 27.5 Å². The van der Waals surface area contributed by atoms with Crippen LogP contribution >= 0.6 is 0 Å². The zero-order chi connectivity index (χ0) is 20.8. The third-order valence-electron chi connectivity index (χ3n) is 4.31. The van der Waals surface area contributed by atoms with Gasteiger partial charge in [0.25, 0.3) is 0 Å². The van der Waals surface area contributed by atoms with Crippen LogP contribution in [0.2, 0.25) is 0 Å². The number of urea groups is 1. The summed E-state index contributed by atoms with van der Waals surface area (Å²) in [5, 5.41) is 5.10. The second kappa shape index (κ2) is 9.02. The minimum Gasteiger partial charge on any atom is -0.352 e. The van der Waals surface area contributed by atoms with Crippen LogP contribution in [0.4, 0.5) is 4.79 Å². The monoisotopic (exact) mass is 375 g/mol. The first-order chi connectivity index (χ1) is 12.3. The van der Waals surface area contributed by atoms with Gasteiger partial charge in [-0.2, -0.15) is 0 Å². The number of carbonyl (C=O) groups is 3. The Balaban J connectivity index is 2.71. The van der Waals surface area contributed by atoms with Crippen molar-refractivity contribution in [3.8, 4) is 0 Å². The van der Waals surface area contributed by atoms with Gasteiger partial charge < -0.3 is 16.4 Å². The fourth-order valence-electron chi connectivity index (χ4n) is 2.48. The Morgan fingerprint density at radius 3 is 1.81 bits per heavy atom. The molecule has 1 aromatic rings. The molecular formula is C21H33N3O3. The van der Waals surface area contributed by atoms with Crippen molar-refractivity contribution < 1.29 is 14.4 Å². The molecule has 4 N–H and O–H groups in total. The quantitative estimate of drug-likeness (QED) is 0.683. The molecule has 6 nitrogen and oxygen atoms in total. The fraction of sp³-hybridized carbons (Fsp3) is 0.571. The second-order valence-electron chi connectivity index (χ2n) is 8.95. The molecule has 0 saturated carbocycles. The lowest BCUT2D eigenvalue weighted by atomic mass is 9.79. The number of hydrogen-bond acceptors (Lipinski definition) is 3. The van der Waals surface area contributed by atoms with E-state index in [0.29, 0.717) is 6.54 Å². The van der Waals surface area contributed by atoms with Crippen molar-refractivity contribution in [3.05, 3.63) is 34.9 Å². The van der Waals surface area contributed by atoms with E-state index in [1.165, 1.54) is 11.1 Å². The van der Waals surface area contributed by atoms with Crippen molar-refractivity contribution in [1.82, 2.24) is 10.6 Å². The minimum absolute atomic E-state index is 0.0138. The Hall–Kier alpha value is -2.37. The molecule has 0 aliphatic rings. The van der Waals surface area contributed by atoms with E-state index in [4.69, 9.17) is 5.73 Å². The molecule has 0 aliphatic carbocycles. The van der Waals surface area contributed by atoms with Crippen LogP contribution in [0, 0.1) is 0 Å². The largest absolute Gasteiger partial charge is 0.352 e. The first kappa shape index (κ1) is 22.7. The van der Waals surface area contributed by atoms with Gasteiger partial charge in [-0.15, -0.1) is 0 Å². The second-order valence-corrected chi connectivity index (χ2v) is 8.95. The molecule has 0 bridgehead atoms. The van der Waals surface area contributed by atoms with E-state index in [-0.39, 0.29) is 41.9 Å². The van der Waals surface area contributed by atoms with Crippen LogP contribution in [0.1, 0.15) is 71.1 Å². The van der Waals surface area contributed by atoms with Gasteiger partial charge in [0.15, 0.2) is 5.78 Å². The number of amides is 3. The van der Waals surface area contributed by atoms with E-state index in [2.05, 4.69) is 70.4 Å². The van der Waals surface area contributed by atoms with Crippen LogP contribution in [0.15, 0.2) is 18.2 Å². The number of hydrogen-bond donors (Lipinski definition) is 3. The summed E-state index contributed by atoms with van der Waals surface area (Å²) in [4.78, 5) is 34.2. The topological polar surface area (TPSA) is 101 Å². The highest BCUT2D eigenvalue weighted by Crippen LogP contribution is 2.30. The Kier molecular flexibility index (Phi) is 7.57. The molecule has 0 spiro atoms. The van der Waals surface area contributed by atoms with Gasteiger partial charge in [-0.3, -0.25) is 9.59 Å². The smallest absolute Gasteiger partial charge is 0.312 e. The third kappa shape index (κ3) is 8.24. The van der Waals surface area contributed by atoms with Crippen LogP contribution in [0.3, 0.4) is 0 Å². The van der Waals surface area contributed by atoms with Crippen molar-refractivity contribution in [2.45, 2.75) is 71.8 Å². The third-order valence-corrected chi connectivity index (χ3v) is 4.31. The predicted octanol–water partition coefficient (Wildman–Crippen LogP) is 2.92. The van der Waals surface area contributed by atoms with Gasteiger partial charge in [0.05, 0.1) is 6.54 Å². The lowest BCUT2D eigenvalue weighted by Crippen LogP contribution is -2.34. The maximum Gasteiger partial charge on any atom is 0.312 e. The molecule has 1 rings (SSSR count). The molecule has 0 radical (unpaired) electrons. The summed E-state index contributed by atoms with van der Waals surface area (Å²) in [6.45, 7) is 13.3. The standard InChI is InChI=1S/C21H33N3O3/c1-20(2,3)15-9-14(10-16(11-15)21(4,5)6)12-23-18(26)8-7-17(25)13-24-19(22)27/h9-11H,7-8,12-13H2,1-6H3,(H,23,26)(H3,22,24,27). The van der Waals surface area contributed by atoms with E-state index in [1.807, 2.05) is 0 Å². The number of nitrogens with one attached hydrogen (secondary N) is 2. The summed E-state index contributed by atoms with van der Waals surface area (Å²) in [7, 11) is 0. The van der Waals surface area contributed by atoms with E-state index < -0.39 is 6.03 Å². The van der Waals surface area contributed by atoms with Crippen LogP contribution in [-0.2, 0) is 27.0 Å². The van der Waals surface area contributed by atoms with Crippen molar-refractivity contribution in [2.24, 2.45) is 5.73 Å². The molecule has 27 heavy (non-hydrogen) atoms. The maximum absolute atomic E-state index is 12.0. The summed E-state index contributed by atoms with van der Waals surface area (Å²) in [6, 6.07) is 5.73. The van der Waals surface area contributed by atoms with Gasteiger partial charge in [-0.25, -0.2) is 4.79 Å². The van der Waals surface area contributed by atoms with Crippen molar-refractivity contribution in [3.63, 3.8) is 0 Å². The van der Waals surface area contributed by atoms with Crippen LogP contribution in [0.5, 0.6) is 0 Å². The number of nitrogens with two attached hydrogens (primary N) is 1. The van der Waals surface area contributed by atoms with E-state index in [0.717, 1.165) is 5.56 Å². The normalized spacial score (nSPS) is 11.8. The zero-order valence-electron chi connectivity index (χ0n) is 17.4. The average Bonchev–Trinajstić information content (AvgIpc) is 2.54. The molecule has 0 atom stereocenters. The first-order valence-electron chi connectivity index (χ1n) is 9.25. The number of ketones is 1. The summed E-state index contributed by atoms with van der Waals surface area (Å²) in [6.07, 6.45) is 0.158. The fourth-order valence-corrected chi connectivity index (χ4v) is 2.48. The summed E-state index contributed by atoms with van der Waals surface area (Å²) >= 11 is 0. The highest BCUT2D eigenvalue weighted by atomic mass is 16.2. The number of rotatable bonds is 7. The number of carbonyl (C=O) groups excluding carboxylic acids is 3. The van der Waals surface area contributed by atoms with E-state index >= 15 is 0 Å². The highest BCUT2D eigenvalue weighted by Gasteiger charge is 2.20. The Morgan fingerprint density at radius 2 is 1.37 bits per heavy atom. The summed E-state index contributed by atoms with van der Waals surface area (Å²) in [5.41, 5.74) is 8.44. The van der Waals surface area contributed by atoms with Gasteiger partial charge in [0, 0.05) is 19.4 Å². The summed E-state index contributed by atoms with van der Waals surface area (Å²) in [5.74, 6) is -0.422. The van der Waals surface area contributed by atoms with Crippen LogP contribution in [0.25, 0.3) is 0 Å². The Labute approximate surface area is 162 Å². The van der Waals surface area contributed by atoms with E-state index in [1.54, 1.807) is 0 Å². The molecule has 150 valence electrons. The lowest BCUT2D eigenvalue weighted by molar-refractivity contribution is -0.125. The SMILES string of the molecule is CC(C)(C)c1cc(CNC(=O)CCC(=O)CNC(N)=O)cc(C(C)(C)C)c1. The average molecular weight is 376 g/mol. The number of Topliss-reactive ketones (excluding diaryl/α,β-unsaturated/α-hetero) is 1. The molecule has 0 aromatic heterocycles. The van der Waals surface area contributed by atoms with E-state index in [9.17, 15) is 14.4 Å². The first-order valence-corrected chi connectivity index (χ1v) is 9.25. The molecule has 3 amide bonds. The Morgan fingerprint density at radius 1 is 0.852 bits per heavy atom. The van der Waals surface area contributed by atoms with Crippen molar-refractivity contribution >= 4 is 17.7 Å². The predicted molar refractivity (Wildman–Crippen MR) is 108 cm³/mol. The van der Waals surface area contributed by atoms with Gasteiger partial charge in [0.2, 0.25) is 5.91 Å². The van der Waals surface area contributed by atoms with Crippen molar-refractivity contribution in [2.75, 3.05) is 6.54 Å².